The Morgan fingerprint density at radius 1 is 1.30 bits per heavy atom. The van der Waals surface area contributed by atoms with Gasteiger partial charge in [-0.15, -0.1) is 0 Å². The molecule has 7 nitrogen and oxygen atoms in total. The average Bonchev–Trinajstić information content (AvgIpc) is 2.79. The number of aromatic nitrogens is 2. The lowest BCUT2D eigenvalue weighted by molar-refractivity contribution is -0.384. The maximum absolute atomic E-state index is 12.0. The van der Waals surface area contributed by atoms with E-state index in [0.717, 1.165) is 0 Å². The predicted octanol–water partition coefficient (Wildman–Crippen LogP) is 1.63. The van der Waals surface area contributed by atoms with Crippen molar-refractivity contribution in [3.05, 3.63) is 56.8 Å². The summed E-state index contributed by atoms with van der Waals surface area (Å²) < 4.78 is 8.23. The third-order valence-corrected chi connectivity index (χ3v) is 3.07. The summed E-state index contributed by atoms with van der Waals surface area (Å²) in [5.74, 6) is 0.520. The molecule has 2 rings (SSSR count). The highest BCUT2D eigenvalue weighted by Crippen LogP contribution is 2.24. The molecule has 0 amide bonds. The van der Waals surface area contributed by atoms with E-state index in [1.807, 2.05) is 6.92 Å². The number of benzene rings is 1. The van der Waals surface area contributed by atoms with Crippen molar-refractivity contribution in [1.82, 2.24) is 9.13 Å². The van der Waals surface area contributed by atoms with Crippen LogP contribution in [0.25, 0.3) is 0 Å². The smallest absolute Gasteiger partial charge is 0.328 e. The number of nitro benzene ring substituents is 1. The zero-order chi connectivity index (χ0) is 14.7. The van der Waals surface area contributed by atoms with Crippen LogP contribution in [0.1, 0.15) is 12.5 Å². The highest BCUT2D eigenvalue weighted by Gasteiger charge is 2.13. The molecule has 0 aliphatic heterocycles. The van der Waals surface area contributed by atoms with Crippen molar-refractivity contribution >= 4 is 5.69 Å². The van der Waals surface area contributed by atoms with E-state index < -0.39 is 4.92 Å². The van der Waals surface area contributed by atoms with Crippen LogP contribution < -0.4 is 10.4 Å². The van der Waals surface area contributed by atoms with Crippen LogP contribution >= 0.6 is 0 Å². The van der Waals surface area contributed by atoms with Gasteiger partial charge in [0.1, 0.15) is 5.75 Å². The van der Waals surface area contributed by atoms with E-state index in [2.05, 4.69) is 0 Å². The lowest BCUT2D eigenvalue weighted by Gasteiger charge is -2.08. The van der Waals surface area contributed by atoms with Crippen LogP contribution in [0.15, 0.2) is 35.4 Å². The van der Waals surface area contributed by atoms with Crippen LogP contribution in [-0.4, -0.2) is 21.2 Å². The molecule has 7 heteroatoms. The van der Waals surface area contributed by atoms with Gasteiger partial charge in [-0.1, -0.05) is 0 Å². The molecule has 0 aliphatic rings. The van der Waals surface area contributed by atoms with Crippen molar-refractivity contribution in [3.8, 4) is 5.75 Å². The number of nitro groups is 1. The van der Waals surface area contributed by atoms with Gasteiger partial charge in [-0.3, -0.25) is 19.2 Å². The molecule has 20 heavy (non-hydrogen) atoms. The number of hydrogen-bond acceptors (Lipinski definition) is 4. The fourth-order valence-corrected chi connectivity index (χ4v) is 2.00. The predicted molar refractivity (Wildman–Crippen MR) is 73.1 cm³/mol. The Morgan fingerprint density at radius 3 is 2.55 bits per heavy atom. The van der Waals surface area contributed by atoms with Gasteiger partial charge in [-0.05, 0) is 13.0 Å². The lowest BCUT2D eigenvalue weighted by atomic mass is 10.1. The van der Waals surface area contributed by atoms with Gasteiger partial charge in [0.25, 0.3) is 5.69 Å². The van der Waals surface area contributed by atoms with Crippen molar-refractivity contribution in [3.63, 3.8) is 0 Å². The maximum Gasteiger partial charge on any atom is 0.328 e. The third-order valence-electron chi connectivity index (χ3n) is 3.07. The Morgan fingerprint density at radius 2 is 2.00 bits per heavy atom. The van der Waals surface area contributed by atoms with Gasteiger partial charge < -0.3 is 4.74 Å². The molecule has 1 aromatic carbocycles. The van der Waals surface area contributed by atoms with Crippen molar-refractivity contribution in [2.75, 3.05) is 7.11 Å². The summed E-state index contributed by atoms with van der Waals surface area (Å²) in [6, 6.07) is 4.34. The molecule has 0 aliphatic carbocycles. The van der Waals surface area contributed by atoms with Gasteiger partial charge in [0.05, 0.1) is 18.6 Å². The van der Waals surface area contributed by atoms with E-state index in [1.54, 1.807) is 17.0 Å². The fraction of sp³-hybridized carbons (Fsp3) is 0.308. The molecule has 1 heterocycles. The first-order valence-electron chi connectivity index (χ1n) is 6.13. The SMILES string of the molecule is CCn1ccn(Cc2cc([N+](=O)[O-])ccc2OC)c1=O. The summed E-state index contributed by atoms with van der Waals surface area (Å²) in [5, 5.41) is 10.8. The minimum Gasteiger partial charge on any atom is -0.496 e. The highest BCUT2D eigenvalue weighted by molar-refractivity contribution is 5.43. The minimum absolute atomic E-state index is 0.0243. The Hall–Kier alpha value is -2.57. The van der Waals surface area contributed by atoms with E-state index in [1.165, 1.54) is 29.9 Å². The molecule has 0 N–H and O–H groups in total. The largest absolute Gasteiger partial charge is 0.496 e. The lowest BCUT2D eigenvalue weighted by Crippen LogP contribution is -2.24. The minimum atomic E-state index is -0.469. The van der Waals surface area contributed by atoms with E-state index in [4.69, 9.17) is 4.74 Å². The van der Waals surface area contributed by atoms with Gasteiger partial charge in [-0.2, -0.15) is 0 Å². The molecule has 106 valence electrons. The van der Waals surface area contributed by atoms with E-state index in [-0.39, 0.29) is 17.9 Å². The number of non-ortho nitro benzene ring substituents is 1. The standard InChI is InChI=1S/C13H15N3O4/c1-3-14-6-7-15(13(14)17)9-10-8-11(16(18)19)4-5-12(10)20-2/h4-8H,3,9H2,1-2H3. The normalized spacial score (nSPS) is 10.5. The molecular formula is C13H15N3O4. The monoisotopic (exact) mass is 277 g/mol. The second kappa shape index (κ2) is 5.60. The number of methoxy groups -OCH3 is 1. The summed E-state index contributed by atoms with van der Waals surface area (Å²) >= 11 is 0. The number of nitrogens with zero attached hydrogens (tertiary/aromatic N) is 3. The molecule has 0 saturated carbocycles. The van der Waals surface area contributed by atoms with Gasteiger partial charge in [0.15, 0.2) is 0 Å². The summed E-state index contributed by atoms with van der Waals surface area (Å²) in [7, 11) is 1.49. The number of ether oxygens (including phenoxy) is 1. The van der Waals surface area contributed by atoms with Crippen LogP contribution in [0, 0.1) is 10.1 Å². The summed E-state index contributed by atoms with van der Waals surface area (Å²) in [4.78, 5) is 22.3. The second-order valence-corrected chi connectivity index (χ2v) is 4.25. The zero-order valence-corrected chi connectivity index (χ0v) is 11.3. The molecule has 1 aromatic heterocycles. The van der Waals surface area contributed by atoms with Crippen molar-refractivity contribution in [2.45, 2.75) is 20.0 Å². The van der Waals surface area contributed by atoms with Crippen LogP contribution in [0.5, 0.6) is 5.75 Å². The first kappa shape index (κ1) is 13.9. The number of aryl methyl sites for hydroxylation is 1. The number of rotatable bonds is 5. The van der Waals surface area contributed by atoms with Crippen LogP contribution in [-0.2, 0) is 13.1 Å². The number of hydrogen-bond donors (Lipinski definition) is 0. The van der Waals surface area contributed by atoms with E-state index in [0.29, 0.717) is 17.9 Å². The molecule has 2 aromatic rings. The number of imidazole rings is 1. The first-order chi connectivity index (χ1) is 9.56. The molecule has 0 spiro atoms. The molecule has 0 fully saturated rings. The second-order valence-electron chi connectivity index (χ2n) is 4.25. The molecular weight excluding hydrogens is 262 g/mol. The molecule has 0 bridgehead atoms. The summed E-state index contributed by atoms with van der Waals surface area (Å²) in [6.07, 6.45) is 3.34. The highest BCUT2D eigenvalue weighted by atomic mass is 16.6. The summed E-state index contributed by atoms with van der Waals surface area (Å²) in [5.41, 5.74) is 0.419. The van der Waals surface area contributed by atoms with Gasteiger partial charge in [0, 0.05) is 36.6 Å². The topological polar surface area (TPSA) is 79.3 Å². The Kier molecular flexibility index (Phi) is 3.88. The van der Waals surface area contributed by atoms with E-state index in [9.17, 15) is 14.9 Å². The Balaban J connectivity index is 2.40. The van der Waals surface area contributed by atoms with Crippen LogP contribution in [0.3, 0.4) is 0 Å². The maximum atomic E-state index is 12.0. The van der Waals surface area contributed by atoms with Crippen LogP contribution in [0.2, 0.25) is 0 Å². The van der Waals surface area contributed by atoms with E-state index >= 15 is 0 Å². The van der Waals surface area contributed by atoms with Gasteiger partial charge in [-0.25, -0.2) is 4.79 Å². The van der Waals surface area contributed by atoms with Crippen molar-refractivity contribution in [1.29, 1.82) is 0 Å². The van der Waals surface area contributed by atoms with Crippen molar-refractivity contribution in [2.24, 2.45) is 0 Å². The summed E-state index contributed by atoms with van der Waals surface area (Å²) in [6.45, 7) is 2.69. The molecule has 0 radical (unpaired) electrons. The Labute approximate surface area is 115 Å². The van der Waals surface area contributed by atoms with Gasteiger partial charge in [0.2, 0.25) is 0 Å². The third kappa shape index (κ3) is 2.56. The Bertz CT molecular complexity index is 687. The average molecular weight is 277 g/mol. The quantitative estimate of drug-likeness (QED) is 0.614. The fourth-order valence-electron chi connectivity index (χ4n) is 2.00. The van der Waals surface area contributed by atoms with Crippen molar-refractivity contribution < 1.29 is 9.66 Å². The first-order valence-corrected chi connectivity index (χ1v) is 6.13. The van der Waals surface area contributed by atoms with Crippen LogP contribution in [0.4, 0.5) is 5.69 Å². The molecule has 0 unspecified atom stereocenters. The molecule has 0 atom stereocenters. The van der Waals surface area contributed by atoms with Gasteiger partial charge >= 0.3 is 5.69 Å². The zero-order valence-electron chi connectivity index (χ0n) is 11.3. The molecule has 0 saturated heterocycles.